The summed E-state index contributed by atoms with van der Waals surface area (Å²) < 4.78 is 39.1. The van der Waals surface area contributed by atoms with Crippen LogP contribution in [-0.2, 0) is 12.6 Å². The number of halogens is 3. The third-order valence-corrected chi connectivity index (χ3v) is 8.78. The van der Waals surface area contributed by atoms with E-state index in [-0.39, 0.29) is 11.7 Å². The molecule has 1 fully saturated rings. The summed E-state index contributed by atoms with van der Waals surface area (Å²) in [6.07, 6.45) is -0.678. The number of aromatic hydroxyl groups is 1. The van der Waals surface area contributed by atoms with E-state index in [2.05, 4.69) is 4.98 Å². The fourth-order valence-electron chi connectivity index (χ4n) is 4.71. The van der Waals surface area contributed by atoms with Gasteiger partial charge in [0.15, 0.2) is 0 Å². The lowest BCUT2D eigenvalue weighted by Crippen LogP contribution is -2.38. The van der Waals surface area contributed by atoms with Gasteiger partial charge >= 0.3 is 6.18 Å². The Bertz CT molecular complexity index is 1470. The van der Waals surface area contributed by atoms with Crippen LogP contribution in [0.25, 0.3) is 0 Å². The highest BCUT2D eigenvalue weighted by molar-refractivity contribution is 7.99. The highest BCUT2D eigenvalue weighted by Gasteiger charge is 2.31. The Hall–Kier alpha value is -3.43. The van der Waals surface area contributed by atoms with Gasteiger partial charge in [-0.2, -0.15) is 13.2 Å². The highest BCUT2D eigenvalue weighted by atomic mass is 32.2. The lowest BCUT2D eigenvalue weighted by atomic mass is 9.90. The molecule has 0 radical (unpaired) electrons. The minimum absolute atomic E-state index is 0.0861. The maximum atomic E-state index is 13.1. The third-order valence-electron chi connectivity index (χ3n) is 6.79. The van der Waals surface area contributed by atoms with Gasteiger partial charge in [0.25, 0.3) is 5.91 Å². The molecular weight excluding hydrogens is 553 g/mol. The lowest BCUT2D eigenvalue weighted by molar-refractivity contribution is -0.137. The number of benzene rings is 3. The number of phenols is 1. The Balaban J connectivity index is 1.15. The first-order chi connectivity index (χ1) is 19.2. The quantitative estimate of drug-likeness (QED) is 0.239. The van der Waals surface area contributed by atoms with Gasteiger partial charge in [0, 0.05) is 34.6 Å². The molecule has 0 atom stereocenters. The number of piperidine rings is 1. The van der Waals surface area contributed by atoms with E-state index in [4.69, 9.17) is 0 Å². The Morgan fingerprint density at radius 2 is 1.65 bits per heavy atom. The number of nitrogens with zero attached hydrogens (tertiary/aromatic N) is 2. The van der Waals surface area contributed by atoms with Gasteiger partial charge in [-0.15, -0.1) is 0 Å². The zero-order valence-electron chi connectivity index (χ0n) is 21.5. The van der Waals surface area contributed by atoms with E-state index in [1.54, 1.807) is 18.2 Å². The van der Waals surface area contributed by atoms with E-state index in [1.807, 2.05) is 59.5 Å². The summed E-state index contributed by atoms with van der Waals surface area (Å²) in [5.41, 5.74) is 0.874. The fraction of sp³-hybridized carbons (Fsp3) is 0.226. The summed E-state index contributed by atoms with van der Waals surface area (Å²) in [5, 5.41) is 10.8. The molecule has 206 valence electrons. The first-order valence-electron chi connectivity index (χ1n) is 12.9. The van der Waals surface area contributed by atoms with Gasteiger partial charge in [0.2, 0.25) is 0 Å². The first kappa shape index (κ1) is 28.1. The smallest absolute Gasteiger partial charge is 0.416 e. The molecule has 4 nitrogen and oxygen atoms in total. The van der Waals surface area contributed by atoms with Crippen LogP contribution in [0.4, 0.5) is 13.2 Å². The van der Waals surface area contributed by atoms with Crippen LogP contribution in [0.1, 0.15) is 34.3 Å². The molecule has 2 heterocycles. The van der Waals surface area contributed by atoms with Crippen LogP contribution in [0.5, 0.6) is 5.75 Å². The first-order valence-corrected chi connectivity index (χ1v) is 14.5. The number of alkyl halides is 3. The van der Waals surface area contributed by atoms with Crippen LogP contribution in [0.2, 0.25) is 0 Å². The van der Waals surface area contributed by atoms with Crippen LogP contribution in [-0.4, -0.2) is 34.0 Å². The number of pyridine rings is 1. The van der Waals surface area contributed by atoms with E-state index in [1.165, 1.54) is 29.7 Å². The van der Waals surface area contributed by atoms with Crippen LogP contribution < -0.4 is 0 Å². The van der Waals surface area contributed by atoms with Crippen LogP contribution in [0.3, 0.4) is 0 Å². The van der Waals surface area contributed by atoms with Crippen molar-refractivity contribution in [1.82, 2.24) is 9.88 Å². The number of likely N-dealkylation sites (tertiary alicyclic amines) is 1. The third kappa shape index (κ3) is 7.20. The zero-order chi connectivity index (χ0) is 28.1. The van der Waals surface area contributed by atoms with E-state index >= 15 is 0 Å². The molecule has 0 saturated carbocycles. The van der Waals surface area contributed by atoms with Crippen LogP contribution >= 0.6 is 23.5 Å². The molecule has 0 spiro atoms. The van der Waals surface area contributed by atoms with E-state index in [0.29, 0.717) is 34.5 Å². The number of carbonyl (C=O) groups excluding carboxylic acids is 1. The van der Waals surface area contributed by atoms with Crippen molar-refractivity contribution in [3.8, 4) is 5.75 Å². The largest absolute Gasteiger partial charge is 0.507 e. The maximum absolute atomic E-state index is 13.1. The molecule has 40 heavy (non-hydrogen) atoms. The van der Waals surface area contributed by atoms with Crippen LogP contribution in [0, 0.1) is 5.92 Å². The van der Waals surface area contributed by atoms with Gasteiger partial charge in [0.05, 0.1) is 10.5 Å². The summed E-state index contributed by atoms with van der Waals surface area (Å²) >= 11 is 2.66. The molecular formula is C31H27F3N2O2S2. The molecule has 0 bridgehead atoms. The van der Waals surface area contributed by atoms with Crippen LogP contribution in [0.15, 0.2) is 111 Å². The van der Waals surface area contributed by atoms with E-state index < -0.39 is 11.7 Å². The van der Waals surface area contributed by atoms with E-state index in [0.717, 1.165) is 46.7 Å². The number of hydrogen-bond acceptors (Lipinski definition) is 5. The topological polar surface area (TPSA) is 53.4 Å². The maximum Gasteiger partial charge on any atom is 0.416 e. The standard InChI is InChI=1S/C31H27F3N2O2S2/c32-31(33,34)24-11-14-35-29(20-24)40-26-8-4-5-22(18-26)17-21-12-15-36(16-13-21)30(38)23-9-10-28(27(37)19-23)39-25-6-2-1-3-7-25/h1-11,14,18-21,37H,12-13,15-17H2. The highest BCUT2D eigenvalue weighted by Crippen LogP contribution is 2.36. The van der Waals surface area contributed by atoms with Crippen molar-refractivity contribution in [2.45, 2.75) is 45.2 Å². The van der Waals surface area contributed by atoms with Gasteiger partial charge in [-0.05, 0) is 85.3 Å². The normalized spacial score (nSPS) is 14.3. The zero-order valence-corrected chi connectivity index (χ0v) is 23.1. The molecule has 1 aromatic heterocycles. The van der Waals surface area contributed by atoms with E-state index in [9.17, 15) is 23.1 Å². The minimum Gasteiger partial charge on any atom is -0.507 e. The molecule has 1 aliphatic heterocycles. The molecule has 1 amide bonds. The Morgan fingerprint density at radius 3 is 2.38 bits per heavy atom. The monoisotopic (exact) mass is 580 g/mol. The summed E-state index contributed by atoms with van der Waals surface area (Å²) in [7, 11) is 0. The van der Waals surface area contributed by atoms with Crippen molar-refractivity contribution in [2.24, 2.45) is 5.92 Å². The Labute approximate surface area is 239 Å². The lowest BCUT2D eigenvalue weighted by Gasteiger charge is -2.32. The SMILES string of the molecule is O=C(c1ccc(Sc2ccccc2)c(O)c1)N1CCC(Cc2cccc(Sc3cc(C(F)(F)F)ccn3)c2)CC1. The fourth-order valence-corrected chi connectivity index (χ4v) is 6.45. The number of rotatable bonds is 7. The molecule has 4 aromatic rings. The average molecular weight is 581 g/mol. The molecule has 1 N–H and O–H groups in total. The molecule has 9 heteroatoms. The van der Waals surface area contributed by atoms with Crippen molar-refractivity contribution < 1.29 is 23.1 Å². The average Bonchev–Trinajstić information content (AvgIpc) is 2.95. The molecule has 1 saturated heterocycles. The van der Waals surface area contributed by atoms with Crippen molar-refractivity contribution >= 4 is 29.4 Å². The van der Waals surface area contributed by atoms with Crippen molar-refractivity contribution in [3.05, 3.63) is 108 Å². The van der Waals surface area contributed by atoms with Crippen molar-refractivity contribution in [1.29, 1.82) is 0 Å². The van der Waals surface area contributed by atoms with Gasteiger partial charge in [-0.1, -0.05) is 53.9 Å². The summed E-state index contributed by atoms with van der Waals surface area (Å²) in [6, 6.07) is 24.7. The number of amides is 1. The minimum atomic E-state index is -4.40. The number of aromatic nitrogens is 1. The Morgan fingerprint density at radius 1 is 0.900 bits per heavy atom. The summed E-state index contributed by atoms with van der Waals surface area (Å²) in [4.78, 5) is 21.6. The second-order valence-corrected chi connectivity index (χ2v) is 11.9. The molecule has 1 aliphatic rings. The molecule has 5 rings (SSSR count). The molecule has 3 aromatic carbocycles. The van der Waals surface area contributed by atoms with Crippen molar-refractivity contribution in [3.63, 3.8) is 0 Å². The number of phenolic OH excluding ortho intramolecular Hbond substituents is 1. The number of hydrogen-bond donors (Lipinski definition) is 1. The second kappa shape index (κ2) is 12.4. The predicted molar refractivity (Wildman–Crippen MR) is 151 cm³/mol. The molecule has 0 aliphatic carbocycles. The van der Waals surface area contributed by atoms with Gasteiger partial charge in [-0.3, -0.25) is 4.79 Å². The summed E-state index contributed by atoms with van der Waals surface area (Å²) in [5.74, 6) is 0.402. The van der Waals surface area contributed by atoms with Gasteiger partial charge < -0.3 is 10.0 Å². The number of carbonyl (C=O) groups is 1. The van der Waals surface area contributed by atoms with Gasteiger partial charge in [0.1, 0.15) is 10.8 Å². The summed E-state index contributed by atoms with van der Waals surface area (Å²) in [6.45, 7) is 1.26. The van der Waals surface area contributed by atoms with Gasteiger partial charge in [-0.25, -0.2) is 4.98 Å². The Kier molecular flexibility index (Phi) is 8.71. The predicted octanol–water partition coefficient (Wildman–Crippen LogP) is 8.20. The molecule has 0 unspecified atom stereocenters. The van der Waals surface area contributed by atoms with Crippen molar-refractivity contribution in [2.75, 3.05) is 13.1 Å². The second-order valence-electron chi connectivity index (χ2n) is 9.67.